The van der Waals surface area contributed by atoms with Gasteiger partial charge < -0.3 is 4.98 Å². The molecule has 4 heteroatoms. The van der Waals surface area contributed by atoms with Crippen molar-refractivity contribution in [3.63, 3.8) is 0 Å². The van der Waals surface area contributed by atoms with E-state index >= 15 is 0 Å². The van der Waals surface area contributed by atoms with E-state index in [9.17, 15) is 4.39 Å². The second-order valence-corrected chi connectivity index (χ2v) is 3.73. The van der Waals surface area contributed by atoms with Crippen LogP contribution in [0.3, 0.4) is 0 Å². The number of rotatable bonds is 1. The molecule has 0 fully saturated rings. The van der Waals surface area contributed by atoms with E-state index in [4.69, 9.17) is 0 Å². The second kappa shape index (κ2) is 3.53. The van der Waals surface area contributed by atoms with Gasteiger partial charge in [-0.2, -0.15) is 0 Å². The van der Waals surface area contributed by atoms with Crippen molar-refractivity contribution in [3.8, 4) is 11.4 Å². The van der Waals surface area contributed by atoms with Gasteiger partial charge in [0.2, 0.25) is 0 Å². The van der Waals surface area contributed by atoms with Gasteiger partial charge in [-0.05, 0) is 35.0 Å². The van der Waals surface area contributed by atoms with Crippen molar-refractivity contribution in [1.82, 2.24) is 9.97 Å². The van der Waals surface area contributed by atoms with E-state index in [0.29, 0.717) is 11.4 Å². The molecule has 2 nitrogen and oxygen atoms in total. The number of hydrogen-bond donors (Lipinski definition) is 1. The van der Waals surface area contributed by atoms with E-state index in [-0.39, 0.29) is 5.82 Å². The van der Waals surface area contributed by atoms with Crippen molar-refractivity contribution in [2.45, 2.75) is 6.92 Å². The van der Waals surface area contributed by atoms with Crippen LogP contribution in [0.2, 0.25) is 0 Å². The molecule has 14 heavy (non-hydrogen) atoms. The standard InChI is InChI=1S/C10H8BrFN2/c1-6-9(11)14-10(13-6)7-4-2-3-5-8(7)12/h2-5H,1H3,(H,13,14). The van der Waals surface area contributed by atoms with Crippen molar-refractivity contribution in [3.05, 3.63) is 40.4 Å². The lowest BCUT2D eigenvalue weighted by Gasteiger charge is -1.97. The van der Waals surface area contributed by atoms with Gasteiger partial charge in [-0.15, -0.1) is 0 Å². The Morgan fingerprint density at radius 3 is 2.64 bits per heavy atom. The molecule has 0 atom stereocenters. The number of aromatic amines is 1. The average molecular weight is 255 g/mol. The van der Waals surface area contributed by atoms with Gasteiger partial charge >= 0.3 is 0 Å². The number of halogens is 2. The molecule has 1 aromatic heterocycles. The monoisotopic (exact) mass is 254 g/mol. The van der Waals surface area contributed by atoms with Crippen LogP contribution in [0.25, 0.3) is 11.4 Å². The lowest BCUT2D eigenvalue weighted by molar-refractivity contribution is 0.630. The quantitative estimate of drug-likeness (QED) is 0.832. The SMILES string of the molecule is Cc1[nH]c(-c2ccccc2F)nc1Br. The Hall–Kier alpha value is -1.16. The third-order valence-electron chi connectivity index (χ3n) is 1.95. The molecule has 0 saturated heterocycles. The molecule has 0 spiro atoms. The summed E-state index contributed by atoms with van der Waals surface area (Å²) < 4.78 is 14.1. The van der Waals surface area contributed by atoms with E-state index in [2.05, 4.69) is 25.9 Å². The molecule has 1 N–H and O–H groups in total. The highest BCUT2D eigenvalue weighted by Gasteiger charge is 2.09. The van der Waals surface area contributed by atoms with Crippen LogP contribution >= 0.6 is 15.9 Å². The fourth-order valence-corrected chi connectivity index (χ4v) is 1.50. The molecule has 1 heterocycles. The minimum absolute atomic E-state index is 0.270. The smallest absolute Gasteiger partial charge is 0.141 e. The highest BCUT2D eigenvalue weighted by Crippen LogP contribution is 2.23. The highest BCUT2D eigenvalue weighted by molar-refractivity contribution is 9.10. The van der Waals surface area contributed by atoms with Crippen molar-refractivity contribution in [1.29, 1.82) is 0 Å². The number of nitrogens with zero attached hydrogens (tertiary/aromatic N) is 1. The van der Waals surface area contributed by atoms with Crippen LogP contribution in [0.15, 0.2) is 28.9 Å². The molecule has 0 aliphatic carbocycles. The van der Waals surface area contributed by atoms with Crippen molar-refractivity contribution in [2.24, 2.45) is 0 Å². The first kappa shape index (κ1) is 9.40. The molecule has 2 aromatic rings. The molecular formula is C10H8BrFN2. The fourth-order valence-electron chi connectivity index (χ4n) is 1.22. The first-order valence-corrected chi connectivity index (χ1v) is 4.95. The Labute approximate surface area is 89.3 Å². The van der Waals surface area contributed by atoms with Crippen LogP contribution in [0, 0.1) is 12.7 Å². The predicted octanol–water partition coefficient (Wildman–Crippen LogP) is 3.29. The number of aromatic nitrogens is 2. The number of H-pyrrole nitrogens is 1. The van der Waals surface area contributed by atoms with Gasteiger partial charge in [0.1, 0.15) is 16.2 Å². The van der Waals surface area contributed by atoms with Gasteiger partial charge in [-0.3, -0.25) is 0 Å². The minimum atomic E-state index is -0.270. The minimum Gasteiger partial charge on any atom is -0.341 e. The largest absolute Gasteiger partial charge is 0.341 e. The van der Waals surface area contributed by atoms with Gasteiger partial charge in [0.05, 0.1) is 5.56 Å². The average Bonchev–Trinajstić information content (AvgIpc) is 2.48. The Morgan fingerprint density at radius 2 is 2.07 bits per heavy atom. The molecule has 2 rings (SSSR count). The maximum Gasteiger partial charge on any atom is 0.141 e. The number of hydrogen-bond acceptors (Lipinski definition) is 1. The summed E-state index contributed by atoms with van der Waals surface area (Å²) in [6, 6.07) is 6.55. The molecule has 72 valence electrons. The Kier molecular flexibility index (Phi) is 2.37. The van der Waals surface area contributed by atoms with Crippen LogP contribution < -0.4 is 0 Å². The summed E-state index contributed by atoms with van der Waals surface area (Å²) in [5, 5.41) is 0. The molecule has 0 saturated carbocycles. The van der Waals surface area contributed by atoms with Gasteiger partial charge in [-0.25, -0.2) is 9.37 Å². The predicted molar refractivity (Wildman–Crippen MR) is 56.4 cm³/mol. The maximum atomic E-state index is 13.3. The van der Waals surface area contributed by atoms with Crippen LogP contribution in [0.1, 0.15) is 5.69 Å². The zero-order chi connectivity index (χ0) is 10.1. The van der Waals surface area contributed by atoms with Crippen molar-refractivity contribution >= 4 is 15.9 Å². The van der Waals surface area contributed by atoms with E-state index in [0.717, 1.165) is 10.3 Å². The third-order valence-corrected chi connectivity index (χ3v) is 2.73. The van der Waals surface area contributed by atoms with E-state index in [1.54, 1.807) is 18.2 Å². The van der Waals surface area contributed by atoms with Crippen LogP contribution in [0.4, 0.5) is 4.39 Å². The number of imidazole rings is 1. The summed E-state index contributed by atoms with van der Waals surface area (Å²) in [4.78, 5) is 7.17. The number of aryl methyl sites for hydroxylation is 1. The topological polar surface area (TPSA) is 28.7 Å². The first-order chi connectivity index (χ1) is 6.68. The molecule has 0 amide bonds. The Bertz CT molecular complexity index is 445. The summed E-state index contributed by atoms with van der Waals surface area (Å²) >= 11 is 3.27. The third kappa shape index (κ3) is 1.57. The second-order valence-electron chi connectivity index (χ2n) is 2.98. The summed E-state index contributed by atoms with van der Waals surface area (Å²) in [5.74, 6) is 0.279. The van der Waals surface area contributed by atoms with Crippen LogP contribution in [-0.4, -0.2) is 9.97 Å². The van der Waals surface area contributed by atoms with Crippen LogP contribution in [0.5, 0.6) is 0 Å². The van der Waals surface area contributed by atoms with Crippen molar-refractivity contribution < 1.29 is 4.39 Å². The van der Waals surface area contributed by atoms with Crippen molar-refractivity contribution in [2.75, 3.05) is 0 Å². The summed E-state index contributed by atoms with van der Waals surface area (Å²) in [6.07, 6.45) is 0. The Balaban J connectivity index is 2.55. The molecular weight excluding hydrogens is 247 g/mol. The maximum absolute atomic E-state index is 13.3. The lowest BCUT2D eigenvalue weighted by Crippen LogP contribution is -1.85. The van der Waals surface area contributed by atoms with E-state index < -0.39 is 0 Å². The van der Waals surface area contributed by atoms with E-state index in [1.165, 1.54) is 6.07 Å². The summed E-state index contributed by atoms with van der Waals surface area (Å²) in [6.45, 7) is 1.88. The molecule has 0 aliphatic rings. The summed E-state index contributed by atoms with van der Waals surface area (Å²) in [7, 11) is 0. The van der Waals surface area contributed by atoms with Gasteiger partial charge in [0, 0.05) is 5.69 Å². The first-order valence-electron chi connectivity index (χ1n) is 4.15. The molecule has 0 unspecified atom stereocenters. The lowest BCUT2D eigenvalue weighted by atomic mass is 10.2. The zero-order valence-electron chi connectivity index (χ0n) is 7.51. The number of benzene rings is 1. The van der Waals surface area contributed by atoms with E-state index in [1.807, 2.05) is 6.92 Å². The van der Waals surface area contributed by atoms with Gasteiger partial charge in [0.25, 0.3) is 0 Å². The molecule has 1 aromatic carbocycles. The normalized spacial score (nSPS) is 10.5. The molecule has 0 aliphatic heterocycles. The highest BCUT2D eigenvalue weighted by atomic mass is 79.9. The Morgan fingerprint density at radius 1 is 1.36 bits per heavy atom. The van der Waals surface area contributed by atoms with Gasteiger partial charge in [-0.1, -0.05) is 12.1 Å². The number of nitrogens with one attached hydrogen (secondary N) is 1. The molecule has 0 radical (unpaired) electrons. The van der Waals surface area contributed by atoms with Gasteiger partial charge in [0.15, 0.2) is 0 Å². The molecule has 0 bridgehead atoms. The zero-order valence-corrected chi connectivity index (χ0v) is 9.10. The van der Waals surface area contributed by atoms with Crippen LogP contribution in [-0.2, 0) is 0 Å². The summed E-state index contributed by atoms with van der Waals surface area (Å²) in [5.41, 5.74) is 1.38. The fraction of sp³-hybridized carbons (Fsp3) is 0.100.